The quantitative estimate of drug-likeness (QED) is 0.512. The largest absolute Gasteiger partial charge is 0.454 e. The molecule has 3 rings (SSSR count). The van der Waals surface area contributed by atoms with Crippen molar-refractivity contribution in [3.05, 3.63) is 33.8 Å². The van der Waals surface area contributed by atoms with E-state index in [4.69, 9.17) is 9.47 Å². The van der Waals surface area contributed by atoms with Crippen molar-refractivity contribution in [2.75, 3.05) is 13.3 Å². The fourth-order valence-corrected chi connectivity index (χ4v) is 3.36. The normalized spacial score (nSPS) is 13.1. The standard InChI is InChI=1S/C18H22F2N4O3S/c1-3-12-8-22-16(28-12)9-24-18(21-4-2)23-7-11-5-14-15(26-10-25-14)6-13(11)27-17(19)20/h5-6,8,17H,3-4,7,9-10H2,1-2H3,(H2,21,23,24). The fraction of sp³-hybridized carbons (Fsp3) is 0.444. The number of benzene rings is 1. The molecule has 0 amide bonds. The molecule has 1 aromatic heterocycles. The smallest absolute Gasteiger partial charge is 0.387 e. The first-order chi connectivity index (χ1) is 13.6. The summed E-state index contributed by atoms with van der Waals surface area (Å²) in [5.41, 5.74) is 0.476. The SMILES string of the molecule is CCNC(=NCc1cc2c(cc1OC(F)F)OCO2)NCc1ncc(CC)s1. The van der Waals surface area contributed by atoms with Crippen LogP contribution in [0.2, 0.25) is 0 Å². The summed E-state index contributed by atoms with van der Waals surface area (Å²) in [4.78, 5) is 10.0. The Morgan fingerprint density at radius 3 is 2.75 bits per heavy atom. The van der Waals surface area contributed by atoms with Crippen molar-refractivity contribution in [1.82, 2.24) is 15.6 Å². The highest BCUT2D eigenvalue weighted by Gasteiger charge is 2.20. The van der Waals surface area contributed by atoms with Gasteiger partial charge in [0.15, 0.2) is 17.5 Å². The van der Waals surface area contributed by atoms with Crippen molar-refractivity contribution in [3.63, 3.8) is 0 Å². The highest BCUT2D eigenvalue weighted by molar-refractivity contribution is 7.11. The minimum absolute atomic E-state index is 0.0198. The molecule has 2 N–H and O–H groups in total. The Morgan fingerprint density at radius 2 is 2.07 bits per heavy atom. The first-order valence-electron chi connectivity index (χ1n) is 8.92. The average molecular weight is 412 g/mol. The van der Waals surface area contributed by atoms with Gasteiger partial charge in [-0.15, -0.1) is 11.3 Å². The molecular formula is C18H22F2N4O3S. The summed E-state index contributed by atoms with van der Waals surface area (Å²) in [5, 5.41) is 7.28. The second kappa shape index (κ2) is 9.54. The Balaban J connectivity index is 1.72. The first-order valence-corrected chi connectivity index (χ1v) is 9.73. The Bertz CT molecular complexity index is 829. The van der Waals surface area contributed by atoms with Gasteiger partial charge in [-0.05, 0) is 19.4 Å². The highest BCUT2D eigenvalue weighted by atomic mass is 32.1. The van der Waals surface area contributed by atoms with E-state index in [0.717, 1.165) is 11.4 Å². The topological polar surface area (TPSA) is 77.0 Å². The zero-order chi connectivity index (χ0) is 19.9. The number of nitrogens with zero attached hydrogens (tertiary/aromatic N) is 2. The lowest BCUT2D eigenvalue weighted by Crippen LogP contribution is -2.36. The summed E-state index contributed by atoms with van der Waals surface area (Å²) in [6.45, 7) is 2.46. The fourth-order valence-electron chi connectivity index (χ4n) is 2.55. The van der Waals surface area contributed by atoms with Gasteiger partial charge in [0.2, 0.25) is 6.79 Å². The molecule has 2 heterocycles. The molecule has 0 radical (unpaired) electrons. The number of hydrogen-bond acceptors (Lipinski definition) is 6. The molecule has 0 saturated carbocycles. The molecule has 0 unspecified atom stereocenters. The van der Waals surface area contributed by atoms with Crippen molar-refractivity contribution in [3.8, 4) is 17.2 Å². The summed E-state index contributed by atoms with van der Waals surface area (Å²) < 4.78 is 40.7. The van der Waals surface area contributed by atoms with E-state index >= 15 is 0 Å². The number of aliphatic imine (C=N–C) groups is 1. The van der Waals surface area contributed by atoms with Crippen LogP contribution in [-0.2, 0) is 19.5 Å². The number of halogens is 2. The molecule has 28 heavy (non-hydrogen) atoms. The lowest BCUT2D eigenvalue weighted by molar-refractivity contribution is -0.0505. The molecule has 0 spiro atoms. The molecule has 7 nitrogen and oxygen atoms in total. The van der Waals surface area contributed by atoms with Crippen molar-refractivity contribution in [2.45, 2.75) is 40.0 Å². The molecule has 0 fully saturated rings. The minimum Gasteiger partial charge on any atom is -0.454 e. The predicted molar refractivity (Wildman–Crippen MR) is 102 cm³/mol. The van der Waals surface area contributed by atoms with Gasteiger partial charge in [0.05, 0.1) is 13.1 Å². The number of alkyl halides is 2. The summed E-state index contributed by atoms with van der Waals surface area (Å²) in [6, 6.07) is 3.02. The van der Waals surface area contributed by atoms with Gasteiger partial charge in [-0.1, -0.05) is 6.92 Å². The Labute approximate surface area is 165 Å². The zero-order valence-corrected chi connectivity index (χ0v) is 16.4. The first kappa shape index (κ1) is 20.1. The number of nitrogens with one attached hydrogen (secondary N) is 2. The number of rotatable bonds is 8. The summed E-state index contributed by atoms with van der Waals surface area (Å²) >= 11 is 1.64. The number of guanidine groups is 1. The monoisotopic (exact) mass is 412 g/mol. The predicted octanol–water partition coefficient (Wildman–Crippen LogP) is 3.29. The van der Waals surface area contributed by atoms with E-state index in [0.29, 0.717) is 36.1 Å². The van der Waals surface area contributed by atoms with Gasteiger partial charge in [0, 0.05) is 29.2 Å². The van der Waals surface area contributed by atoms with E-state index < -0.39 is 6.61 Å². The third-order valence-electron chi connectivity index (χ3n) is 3.88. The molecule has 2 aromatic rings. The maximum atomic E-state index is 12.8. The van der Waals surface area contributed by atoms with Crippen molar-refractivity contribution < 1.29 is 23.0 Å². The summed E-state index contributed by atoms with van der Waals surface area (Å²) in [7, 11) is 0. The average Bonchev–Trinajstić information content (AvgIpc) is 3.32. The van der Waals surface area contributed by atoms with Crippen molar-refractivity contribution in [2.24, 2.45) is 4.99 Å². The molecule has 1 aliphatic rings. The number of hydrogen-bond donors (Lipinski definition) is 2. The van der Waals surface area contributed by atoms with Gasteiger partial charge in [-0.3, -0.25) is 0 Å². The van der Waals surface area contributed by atoms with Crippen LogP contribution in [0.25, 0.3) is 0 Å². The van der Waals surface area contributed by atoms with E-state index in [1.807, 2.05) is 13.1 Å². The van der Waals surface area contributed by atoms with Gasteiger partial charge in [-0.2, -0.15) is 8.78 Å². The van der Waals surface area contributed by atoms with Crippen LogP contribution < -0.4 is 24.8 Å². The third-order valence-corrected chi connectivity index (χ3v) is 5.02. The van der Waals surface area contributed by atoms with Gasteiger partial charge < -0.3 is 24.8 Å². The lowest BCUT2D eigenvalue weighted by Gasteiger charge is -2.13. The summed E-state index contributed by atoms with van der Waals surface area (Å²) in [6.07, 6.45) is 2.81. The van der Waals surface area contributed by atoms with Crippen molar-refractivity contribution in [1.29, 1.82) is 0 Å². The lowest BCUT2D eigenvalue weighted by atomic mass is 10.1. The molecule has 1 aliphatic heterocycles. The van der Waals surface area contributed by atoms with Gasteiger partial charge >= 0.3 is 6.61 Å². The van der Waals surface area contributed by atoms with Gasteiger partial charge in [0.25, 0.3) is 0 Å². The molecule has 1 aromatic carbocycles. The van der Waals surface area contributed by atoms with Crippen LogP contribution in [0, 0.1) is 0 Å². The molecular weight excluding hydrogens is 390 g/mol. The summed E-state index contributed by atoms with van der Waals surface area (Å²) in [5.74, 6) is 1.44. The second-order valence-electron chi connectivity index (χ2n) is 5.81. The van der Waals surface area contributed by atoms with Crippen LogP contribution in [0.15, 0.2) is 23.3 Å². The Morgan fingerprint density at radius 1 is 1.29 bits per heavy atom. The molecule has 0 bridgehead atoms. The second-order valence-corrected chi connectivity index (χ2v) is 7.01. The van der Waals surface area contributed by atoms with Gasteiger partial charge in [0.1, 0.15) is 10.8 Å². The maximum absolute atomic E-state index is 12.8. The molecule has 0 saturated heterocycles. The van der Waals surface area contributed by atoms with E-state index in [-0.39, 0.29) is 19.1 Å². The van der Waals surface area contributed by atoms with Crippen LogP contribution in [0.3, 0.4) is 0 Å². The van der Waals surface area contributed by atoms with Crippen LogP contribution in [-0.4, -0.2) is 30.9 Å². The van der Waals surface area contributed by atoms with Gasteiger partial charge in [-0.25, -0.2) is 9.98 Å². The molecule has 0 aliphatic carbocycles. The Hall–Kier alpha value is -2.62. The number of fused-ring (bicyclic) bond motifs is 1. The number of aromatic nitrogens is 1. The van der Waals surface area contributed by atoms with Crippen molar-refractivity contribution >= 4 is 17.3 Å². The number of ether oxygens (including phenoxy) is 3. The molecule has 10 heteroatoms. The number of aryl methyl sites for hydroxylation is 1. The van der Waals surface area contributed by atoms with E-state index in [1.54, 1.807) is 17.4 Å². The van der Waals surface area contributed by atoms with Crippen LogP contribution in [0.1, 0.15) is 29.3 Å². The van der Waals surface area contributed by atoms with Crippen LogP contribution in [0.4, 0.5) is 8.78 Å². The zero-order valence-electron chi connectivity index (χ0n) is 15.6. The Kier molecular flexibility index (Phi) is 6.85. The minimum atomic E-state index is -2.94. The maximum Gasteiger partial charge on any atom is 0.387 e. The number of thiazole rings is 1. The van der Waals surface area contributed by atoms with E-state index in [1.165, 1.54) is 10.9 Å². The highest BCUT2D eigenvalue weighted by Crippen LogP contribution is 2.39. The van der Waals surface area contributed by atoms with E-state index in [2.05, 4.69) is 32.3 Å². The van der Waals surface area contributed by atoms with E-state index in [9.17, 15) is 8.78 Å². The molecule has 152 valence electrons. The third kappa shape index (κ3) is 5.22. The van der Waals surface area contributed by atoms with Crippen LogP contribution in [0.5, 0.6) is 17.2 Å². The molecule has 0 atom stereocenters. The van der Waals surface area contributed by atoms with Crippen LogP contribution >= 0.6 is 11.3 Å².